The van der Waals surface area contributed by atoms with Crippen LogP contribution in [0.5, 0.6) is 0 Å². The van der Waals surface area contributed by atoms with Gasteiger partial charge in [0.1, 0.15) is 5.82 Å². The van der Waals surface area contributed by atoms with Gasteiger partial charge in [-0.3, -0.25) is 14.8 Å². The van der Waals surface area contributed by atoms with E-state index in [1.165, 1.54) is 17.1 Å². The minimum Gasteiger partial charge on any atom is -0.325 e. The van der Waals surface area contributed by atoms with Gasteiger partial charge >= 0.3 is 0 Å². The zero-order valence-electron chi connectivity index (χ0n) is 15.7. The lowest BCUT2D eigenvalue weighted by molar-refractivity contribution is 0.00703. The van der Waals surface area contributed by atoms with Gasteiger partial charge in [0.2, 0.25) is 0 Å². The van der Waals surface area contributed by atoms with Crippen molar-refractivity contribution in [1.29, 1.82) is 0 Å². The van der Waals surface area contributed by atoms with Crippen LogP contribution in [0.3, 0.4) is 0 Å². The molecule has 2 aliphatic heterocycles. The van der Waals surface area contributed by atoms with Gasteiger partial charge in [-0.1, -0.05) is 0 Å². The zero-order valence-corrected chi connectivity index (χ0v) is 16.5. The van der Waals surface area contributed by atoms with E-state index in [0.29, 0.717) is 0 Å². The predicted octanol–water partition coefficient (Wildman–Crippen LogP) is 3.44. The first kappa shape index (κ1) is 17.1. The van der Waals surface area contributed by atoms with E-state index in [0.717, 1.165) is 51.1 Å². The molecule has 27 heavy (non-hydrogen) atoms. The van der Waals surface area contributed by atoms with Crippen molar-refractivity contribution < 1.29 is 0 Å². The highest BCUT2D eigenvalue weighted by molar-refractivity contribution is 7.07. The Balaban J connectivity index is 1.42. The molecule has 1 spiro atoms. The molecule has 0 aromatic carbocycles. The fraction of sp³-hybridized carbons (Fsp3) is 0.429. The first-order valence-electron chi connectivity index (χ1n) is 9.67. The van der Waals surface area contributed by atoms with Crippen molar-refractivity contribution in [1.82, 2.24) is 24.3 Å². The summed E-state index contributed by atoms with van der Waals surface area (Å²) >= 11 is 1.79. The van der Waals surface area contributed by atoms with E-state index in [2.05, 4.69) is 49.3 Å². The molecule has 0 amide bonds. The lowest BCUT2D eigenvalue weighted by atomic mass is 9.83. The third-order valence-corrected chi connectivity index (χ3v) is 7.02. The first-order valence-corrected chi connectivity index (χ1v) is 10.6. The number of rotatable bonds is 3. The molecule has 0 aliphatic carbocycles. The quantitative estimate of drug-likeness (QED) is 0.699. The van der Waals surface area contributed by atoms with E-state index < -0.39 is 0 Å². The molecule has 5 nitrogen and oxygen atoms in total. The topological polar surface area (TPSA) is 37.2 Å². The Hall–Kier alpha value is -2.02. The SMILES string of the molecule is CN1CCn2c(-c3cccnc3)cnc2C12CCN(Cc1ccsc1)CC2. The van der Waals surface area contributed by atoms with E-state index >= 15 is 0 Å². The number of likely N-dealkylation sites (N-methyl/N-ethyl adjacent to an activating group) is 1. The lowest BCUT2D eigenvalue weighted by Gasteiger charge is -2.49. The van der Waals surface area contributed by atoms with Gasteiger partial charge in [0.05, 0.1) is 17.4 Å². The van der Waals surface area contributed by atoms with Crippen molar-refractivity contribution in [3.05, 3.63) is 58.9 Å². The third kappa shape index (κ3) is 2.92. The van der Waals surface area contributed by atoms with Gasteiger partial charge in [0, 0.05) is 50.7 Å². The van der Waals surface area contributed by atoms with Gasteiger partial charge in [-0.05, 0) is 54.4 Å². The molecule has 3 aromatic rings. The molecule has 5 heterocycles. The van der Waals surface area contributed by atoms with Crippen LogP contribution in [0.15, 0.2) is 47.5 Å². The molecule has 1 saturated heterocycles. The molecular formula is C21H25N5S. The van der Waals surface area contributed by atoms with Gasteiger partial charge in [0.25, 0.3) is 0 Å². The van der Waals surface area contributed by atoms with Crippen LogP contribution >= 0.6 is 11.3 Å². The molecule has 140 valence electrons. The van der Waals surface area contributed by atoms with Crippen molar-refractivity contribution in [2.24, 2.45) is 0 Å². The van der Waals surface area contributed by atoms with E-state index in [-0.39, 0.29) is 5.54 Å². The smallest absolute Gasteiger partial charge is 0.129 e. The predicted molar refractivity (Wildman–Crippen MR) is 109 cm³/mol. The van der Waals surface area contributed by atoms with Crippen LogP contribution in [-0.4, -0.2) is 51.0 Å². The summed E-state index contributed by atoms with van der Waals surface area (Å²) < 4.78 is 2.44. The molecule has 0 atom stereocenters. The monoisotopic (exact) mass is 379 g/mol. The molecule has 0 saturated carbocycles. The number of fused-ring (bicyclic) bond motifs is 2. The van der Waals surface area contributed by atoms with E-state index in [1.54, 1.807) is 11.3 Å². The second-order valence-electron chi connectivity index (χ2n) is 7.72. The summed E-state index contributed by atoms with van der Waals surface area (Å²) in [5.74, 6) is 1.24. The minimum absolute atomic E-state index is 0.0594. The number of likely N-dealkylation sites (tertiary alicyclic amines) is 1. The molecule has 6 heteroatoms. The maximum Gasteiger partial charge on any atom is 0.129 e. The second kappa shape index (κ2) is 6.86. The summed E-state index contributed by atoms with van der Waals surface area (Å²) in [6.45, 7) is 5.38. The highest BCUT2D eigenvalue weighted by Gasteiger charge is 2.45. The highest BCUT2D eigenvalue weighted by Crippen LogP contribution is 2.41. The molecule has 0 bridgehead atoms. The first-order chi connectivity index (χ1) is 13.3. The fourth-order valence-corrected chi connectivity index (χ4v) is 5.34. The summed E-state index contributed by atoms with van der Waals surface area (Å²) in [6, 6.07) is 6.38. The number of piperidine rings is 1. The second-order valence-corrected chi connectivity index (χ2v) is 8.50. The van der Waals surface area contributed by atoms with E-state index in [1.807, 2.05) is 24.7 Å². The van der Waals surface area contributed by atoms with Crippen LogP contribution in [0.4, 0.5) is 0 Å². The Labute approximate surface area is 164 Å². The van der Waals surface area contributed by atoms with Crippen molar-refractivity contribution >= 4 is 11.3 Å². The van der Waals surface area contributed by atoms with Crippen LogP contribution in [0.25, 0.3) is 11.3 Å². The highest BCUT2D eigenvalue weighted by atomic mass is 32.1. The number of aromatic nitrogens is 3. The van der Waals surface area contributed by atoms with Crippen LogP contribution in [0.2, 0.25) is 0 Å². The Morgan fingerprint density at radius 3 is 2.74 bits per heavy atom. The van der Waals surface area contributed by atoms with Gasteiger partial charge < -0.3 is 4.57 Å². The van der Waals surface area contributed by atoms with Gasteiger partial charge in [-0.25, -0.2) is 4.98 Å². The van der Waals surface area contributed by atoms with E-state index in [9.17, 15) is 0 Å². The summed E-state index contributed by atoms with van der Waals surface area (Å²) in [5, 5.41) is 4.44. The summed E-state index contributed by atoms with van der Waals surface area (Å²) in [7, 11) is 2.27. The minimum atomic E-state index is 0.0594. The molecule has 3 aromatic heterocycles. The fourth-order valence-electron chi connectivity index (χ4n) is 4.68. The average molecular weight is 380 g/mol. The number of thiophene rings is 1. The molecule has 0 N–H and O–H groups in total. The Bertz CT molecular complexity index is 894. The number of hydrogen-bond acceptors (Lipinski definition) is 5. The molecular weight excluding hydrogens is 354 g/mol. The molecule has 5 rings (SSSR count). The number of nitrogens with zero attached hydrogens (tertiary/aromatic N) is 5. The van der Waals surface area contributed by atoms with Crippen molar-refractivity contribution in [3.63, 3.8) is 0 Å². The Morgan fingerprint density at radius 1 is 1.11 bits per heavy atom. The number of imidazole rings is 1. The van der Waals surface area contributed by atoms with Gasteiger partial charge in [0.15, 0.2) is 0 Å². The third-order valence-electron chi connectivity index (χ3n) is 6.29. The summed E-state index contributed by atoms with van der Waals surface area (Å²) in [4.78, 5) is 14.4. The normalized spacial score (nSPS) is 20.0. The maximum atomic E-state index is 4.94. The average Bonchev–Trinajstić information content (AvgIpc) is 3.37. The largest absolute Gasteiger partial charge is 0.325 e. The molecule has 0 unspecified atom stereocenters. The molecule has 1 fully saturated rings. The van der Waals surface area contributed by atoms with Crippen molar-refractivity contribution in [2.45, 2.75) is 31.5 Å². The van der Waals surface area contributed by atoms with Crippen molar-refractivity contribution in [3.8, 4) is 11.3 Å². The number of hydrogen-bond donors (Lipinski definition) is 0. The Kier molecular flexibility index (Phi) is 4.34. The standard InChI is InChI=1S/C21H25N5S/c1-24-10-11-26-19(18-3-2-7-22-13-18)14-23-20(26)21(24)5-8-25(9-6-21)15-17-4-12-27-16-17/h2-4,7,12-14,16H,5-6,8-11,15H2,1H3. The maximum absolute atomic E-state index is 4.94. The lowest BCUT2D eigenvalue weighted by Crippen LogP contribution is -2.56. The summed E-state index contributed by atoms with van der Waals surface area (Å²) in [6.07, 6.45) is 8.09. The van der Waals surface area contributed by atoms with Gasteiger partial charge in [-0.15, -0.1) is 0 Å². The molecule has 2 aliphatic rings. The van der Waals surface area contributed by atoms with Crippen LogP contribution in [0, 0.1) is 0 Å². The van der Waals surface area contributed by atoms with Crippen LogP contribution < -0.4 is 0 Å². The zero-order chi connectivity index (χ0) is 18.3. The Morgan fingerprint density at radius 2 is 2.00 bits per heavy atom. The number of pyridine rings is 1. The van der Waals surface area contributed by atoms with Gasteiger partial charge in [-0.2, -0.15) is 11.3 Å². The van der Waals surface area contributed by atoms with E-state index in [4.69, 9.17) is 4.98 Å². The summed E-state index contributed by atoms with van der Waals surface area (Å²) in [5.41, 5.74) is 3.86. The van der Waals surface area contributed by atoms with Crippen LogP contribution in [0.1, 0.15) is 24.2 Å². The van der Waals surface area contributed by atoms with Crippen molar-refractivity contribution in [2.75, 3.05) is 26.7 Å². The van der Waals surface area contributed by atoms with Crippen LogP contribution in [-0.2, 0) is 18.6 Å². The molecule has 0 radical (unpaired) electrons.